The van der Waals surface area contributed by atoms with Crippen LogP contribution in [0.3, 0.4) is 0 Å². The summed E-state index contributed by atoms with van der Waals surface area (Å²) in [5, 5.41) is 14.2. The summed E-state index contributed by atoms with van der Waals surface area (Å²) < 4.78 is 0. The molecule has 0 bridgehead atoms. The molecule has 0 aliphatic rings. The maximum absolute atomic E-state index is 11.9. The molecule has 6 nitrogen and oxygen atoms in total. The standard InChI is InChI=1S/C12H17N3O3S/c1-4-5-15(6-10(16)17)12(18)14-9(3)11-13-8(2)7-19-11/h4,7,9H,1,5-6H2,2-3H3,(H,14,18)(H,16,17). The Hall–Kier alpha value is -1.89. The Morgan fingerprint density at radius 2 is 2.37 bits per heavy atom. The summed E-state index contributed by atoms with van der Waals surface area (Å²) in [6.45, 7) is 7.02. The van der Waals surface area contributed by atoms with E-state index in [-0.39, 0.29) is 19.1 Å². The molecule has 19 heavy (non-hydrogen) atoms. The summed E-state index contributed by atoms with van der Waals surface area (Å²) >= 11 is 1.46. The van der Waals surface area contributed by atoms with Gasteiger partial charge >= 0.3 is 12.0 Å². The Labute approximate surface area is 115 Å². The van der Waals surface area contributed by atoms with Gasteiger partial charge in [-0.3, -0.25) is 4.79 Å². The number of hydrogen-bond donors (Lipinski definition) is 2. The van der Waals surface area contributed by atoms with Crippen LogP contribution in [0.4, 0.5) is 4.79 Å². The largest absolute Gasteiger partial charge is 0.480 e. The zero-order chi connectivity index (χ0) is 14.4. The zero-order valence-corrected chi connectivity index (χ0v) is 11.7. The van der Waals surface area contributed by atoms with Crippen molar-refractivity contribution in [3.63, 3.8) is 0 Å². The summed E-state index contributed by atoms with van der Waals surface area (Å²) in [5.41, 5.74) is 0.898. The number of aromatic nitrogens is 1. The minimum absolute atomic E-state index is 0.182. The normalized spacial score (nSPS) is 11.7. The van der Waals surface area contributed by atoms with E-state index in [9.17, 15) is 9.59 Å². The highest BCUT2D eigenvalue weighted by atomic mass is 32.1. The molecular formula is C12H17N3O3S. The lowest BCUT2D eigenvalue weighted by atomic mass is 10.3. The number of thiazole rings is 1. The van der Waals surface area contributed by atoms with Crippen LogP contribution in [0.15, 0.2) is 18.0 Å². The topological polar surface area (TPSA) is 82.5 Å². The number of aliphatic carboxylic acids is 1. The molecule has 0 spiro atoms. The van der Waals surface area contributed by atoms with Crippen LogP contribution in [0.5, 0.6) is 0 Å². The van der Waals surface area contributed by atoms with E-state index in [1.54, 1.807) is 0 Å². The number of carboxylic acids is 1. The van der Waals surface area contributed by atoms with Gasteiger partial charge in [0.15, 0.2) is 0 Å². The van der Waals surface area contributed by atoms with E-state index in [2.05, 4.69) is 16.9 Å². The summed E-state index contributed by atoms with van der Waals surface area (Å²) in [6, 6.07) is -0.699. The number of carbonyl (C=O) groups is 2. The quantitative estimate of drug-likeness (QED) is 0.780. The summed E-state index contributed by atoms with van der Waals surface area (Å²) in [4.78, 5) is 28.1. The van der Waals surface area contributed by atoms with Crippen LogP contribution >= 0.6 is 11.3 Å². The maximum Gasteiger partial charge on any atom is 0.323 e. The highest BCUT2D eigenvalue weighted by Gasteiger charge is 2.19. The predicted octanol–water partition coefficient (Wildman–Crippen LogP) is 1.79. The molecule has 2 amide bonds. The molecule has 0 aromatic carbocycles. The van der Waals surface area contributed by atoms with Crippen molar-refractivity contribution in [3.05, 3.63) is 28.7 Å². The van der Waals surface area contributed by atoms with Gasteiger partial charge in [0.05, 0.1) is 6.04 Å². The number of rotatable bonds is 6. The van der Waals surface area contributed by atoms with Gasteiger partial charge in [-0.15, -0.1) is 17.9 Å². The van der Waals surface area contributed by atoms with Crippen molar-refractivity contribution in [2.45, 2.75) is 19.9 Å². The van der Waals surface area contributed by atoms with Crippen LogP contribution in [0.25, 0.3) is 0 Å². The summed E-state index contributed by atoms with van der Waals surface area (Å²) in [7, 11) is 0. The van der Waals surface area contributed by atoms with Crippen LogP contribution in [0, 0.1) is 6.92 Å². The van der Waals surface area contributed by atoms with Crippen molar-refractivity contribution in [1.29, 1.82) is 0 Å². The van der Waals surface area contributed by atoms with E-state index >= 15 is 0 Å². The van der Waals surface area contributed by atoms with Gasteiger partial charge in [0.25, 0.3) is 0 Å². The number of aryl methyl sites for hydroxylation is 1. The van der Waals surface area contributed by atoms with Gasteiger partial charge in [0.2, 0.25) is 0 Å². The third-order valence-electron chi connectivity index (χ3n) is 2.31. The van der Waals surface area contributed by atoms with E-state index in [1.807, 2.05) is 19.2 Å². The molecule has 1 rings (SSSR count). The highest BCUT2D eigenvalue weighted by molar-refractivity contribution is 7.09. The molecule has 1 aromatic heterocycles. The van der Waals surface area contributed by atoms with Gasteiger partial charge in [-0.25, -0.2) is 9.78 Å². The van der Waals surface area contributed by atoms with Gasteiger partial charge in [-0.05, 0) is 13.8 Å². The molecule has 0 radical (unpaired) electrons. The Morgan fingerprint density at radius 1 is 1.68 bits per heavy atom. The van der Waals surface area contributed by atoms with Crippen LogP contribution in [-0.4, -0.2) is 40.1 Å². The molecule has 1 aromatic rings. The molecule has 0 aliphatic carbocycles. The third kappa shape index (κ3) is 4.70. The molecule has 0 fully saturated rings. The number of carboxylic acid groups (broad SMARTS) is 1. The van der Waals surface area contributed by atoms with Gasteiger partial charge in [0, 0.05) is 17.6 Å². The maximum atomic E-state index is 11.9. The fourth-order valence-electron chi connectivity index (χ4n) is 1.45. The molecule has 1 heterocycles. The van der Waals surface area contributed by atoms with Crippen LogP contribution < -0.4 is 5.32 Å². The monoisotopic (exact) mass is 283 g/mol. The lowest BCUT2D eigenvalue weighted by molar-refractivity contribution is -0.137. The lowest BCUT2D eigenvalue weighted by Crippen LogP contribution is -2.43. The Balaban J connectivity index is 2.65. The van der Waals surface area contributed by atoms with E-state index in [0.29, 0.717) is 0 Å². The molecule has 2 N–H and O–H groups in total. The Kier molecular flexibility index (Phi) is 5.50. The van der Waals surface area contributed by atoms with Crippen LogP contribution in [0.1, 0.15) is 23.7 Å². The fraction of sp³-hybridized carbons (Fsp3) is 0.417. The SMILES string of the molecule is C=CCN(CC(=O)O)C(=O)NC(C)c1nc(C)cs1. The molecule has 1 atom stereocenters. The van der Waals surface area contributed by atoms with Crippen molar-refractivity contribution in [3.8, 4) is 0 Å². The van der Waals surface area contributed by atoms with Gasteiger partial charge in [0.1, 0.15) is 11.6 Å². The Morgan fingerprint density at radius 3 is 2.84 bits per heavy atom. The fourth-order valence-corrected chi connectivity index (χ4v) is 2.25. The lowest BCUT2D eigenvalue weighted by Gasteiger charge is -2.21. The first kappa shape index (κ1) is 15.2. The molecule has 0 saturated carbocycles. The second kappa shape index (κ2) is 6.89. The van der Waals surface area contributed by atoms with Crippen molar-refractivity contribution in [2.75, 3.05) is 13.1 Å². The molecular weight excluding hydrogens is 266 g/mol. The second-order valence-corrected chi connectivity index (χ2v) is 4.95. The molecule has 0 saturated heterocycles. The number of hydrogen-bond acceptors (Lipinski definition) is 4. The molecule has 0 aliphatic heterocycles. The van der Waals surface area contributed by atoms with E-state index in [1.165, 1.54) is 22.3 Å². The van der Waals surface area contributed by atoms with Crippen molar-refractivity contribution < 1.29 is 14.7 Å². The second-order valence-electron chi connectivity index (χ2n) is 4.06. The number of carbonyl (C=O) groups excluding carboxylic acids is 1. The predicted molar refractivity (Wildman–Crippen MR) is 73.2 cm³/mol. The summed E-state index contributed by atoms with van der Waals surface area (Å²) in [6.07, 6.45) is 1.49. The van der Waals surface area contributed by atoms with Crippen molar-refractivity contribution in [2.24, 2.45) is 0 Å². The van der Waals surface area contributed by atoms with Gasteiger partial charge < -0.3 is 15.3 Å². The van der Waals surface area contributed by atoms with Crippen LogP contribution in [0.2, 0.25) is 0 Å². The first-order valence-corrected chi connectivity index (χ1v) is 6.62. The van der Waals surface area contributed by atoms with Crippen molar-refractivity contribution in [1.82, 2.24) is 15.2 Å². The van der Waals surface area contributed by atoms with Crippen LogP contribution in [-0.2, 0) is 4.79 Å². The summed E-state index contributed by atoms with van der Waals surface area (Å²) in [5.74, 6) is -1.06. The van der Waals surface area contributed by atoms with Crippen molar-refractivity contribution >= 4 is 23.3 Å². The van der Waals surface area contributed by atoms with Gasteiger partial charge in [-0.2, -0.15) is 0 Å². The molecule has 1 unspecified atom stereocenters. The molecule has 104 valence electrons. The Bertz CT molecular complexity index is 473. The number of amides is 2. The number of urea groups is 1. The number of nitrogens with one attached hydrogen (secondary N) is 1. The minimum atomic E-state index is -1.06. The average molecular weight is 283 g/mol. The first-order valence-electron chi connectivity index (χ1n) is 5.74. The van der Waals surface area contributed by atoms with E-state index < -0.39 is 12.0 Å². The molecule has 7 heteroatoms. The van der Waals surface area contributed by atoms with Gasteiger partial charge in [-0.1, -0.05) is 6.08 Å². The third-order valence-corrected chi connectivity index (χ3v) is 3.46. The minimum Gasteiger partial charge on any atom is -0.480 e. The van der Waals surface area contributed by atoms with E-state index in [4.69, 9.17) is 5.11 Å². The van der Waals surface area contributed by atoms with E-state index in [0.717, 1.165) is 10.7 Å². The zero-order valence-electron chi connectivity index (χ0n) is 10.9. The highest BCUT2D eigenvalue weighted by Crippen LogP contribution is 2.17. The number of nitrogens with zero attached hydrogens (tertiary/aromatic N) is 2. The first-order chi connectivity index (χ1) is 8.93. The smallest absolute Gasteiger partial charge is 0.323 e. The average Bonchev–Trinajstić information content (AvgIpc) is 2.74.